The van der Waals surface area contributed by atoms with Crippen LogP contribution < -0.4 is 10.7 Å². The number of nitrogens with zero attached hydrogens (tertiary/aromatic N) is 1. The van der Waals surface area contributed by atoms with Crippen LogP contribution in [-0.4, -0.2) is 22.3 Å². The topological polar surface area (TPSA) is 81.4 Å². The van der Waals surface area contributed by atoms with Gasteiger partial charge in [0.2, 0.25) is 0 Å². The number of esters is 1. The fourth-order valence-corrected chi connectivity index (χ4v) is 4.03. The van der Waals surface area contributed by atoms with Crippen molar-refractivity contribution in [3.05, 3.63) is 63.1 Å². The van der Waals surface area contributed by atoms with Gasteiger partial charge in [0.1, 0.15) is 11.2 Å². The van der Waals surface area contributed by atoms with Crippen molar-refractivity contribution in [2.45, 2.75) is 65.2 Å². The van der Waals surface area contributed by atoms with E-state index in [9.17, 15) is 9.59 Å². The molecule has 0 amide bonds. The third-order valence-electron chi connectivity index (χ3n) is 4.73. The minimum Gasteiger partial charge on any atom is -0.455 e. The Balaban J connectivity index is 2.05. The van der Waals surface area contributed by atoms with Gasteiger partial charge in [0.25, 0.3) is 0 Å². The van der Waals surface area contributed by atoms with Crippen LogP contribution in [0.2, 0.25) is 0 Å². The number of aromatic nitrogens is 1. The van der Waals surface area contributed by atoms with E-state index in [4.69, 9.17) is 9.15 Å². The molecule has 7 heteroatoms. The van der Waals surface area contributed by atoms with Crippen LogP contribution in [0.5, 0.6) is 0 Å². The number of benzene rings is 1. The SMILES string of the molecule is CCSc1cc(=O)c2cc(C)cc(C(C)Nc3ccc(C)nc3C(=O)OC(C)(C)C)c2o1. The largest absolute Gasteiger partial charge is 0.455 e. The maximum Gasteiger partial charge on any atom is 0.359 e. The molecule has 170 valence electrons. The number of hydrogen-bond donors (Lipinski definition) is 1. The Bertz CT molecular complexity index is 1210. The van der Waals surface area contributed by atoms with Crippen molar-refractivity contribution < 1.29 is 13.9 Å². The van der Waals surface area contributed by atoms with Crippen LogP contribution in [0.1, 0.15) is 68.0 Å². The second-order valence-corrected chi connectivity index (χ2v) is 10.1. The van der Waals surface area contributed by atoms with Crippen molar-refractivity contribution in [3.8, 4) is 0 Å². The summed E-state index contributed by atoms with van der Waals surface area (Å²) in [5.41, 5.74) is 3.17. The summed E-state index contributed by atoms with van der Waals surface area (Å²) in [6.45, 7) is 13.2. The highest BCUT2D eigenvalue weighted by Gasteiger charge is 2.24. The normalized spacial score (nSPS) is 12.6. The Morgan fingerprint density at radius 2 is 1.94 bits per heavy atom. The van der Waals surface area contributed by atoms with Gasteiger partial charge < -0.3 is 14.5 Å². The van der Waals surface area contributed by atoms with E-state index in [0.717, 1.165) is 22.6 Å². The van der Waals surface area contributed by atoms with Crippen LogP contribution in [0.25, 0.3) is 11.0 Å². The molecule has 0 spiro atoms. The summed E-state index contributed by atoms with van der Waals surface area (Å²) >= 11 is 1.49. The van der Waals surface area contributed by atoms with Gasteiger partial charge in [0.15, 0.2) is 16.2 Å². The molecule has 0 aliphatic heterocycles. The number of carbonyl (C=O) groups excluding carboxylic acids is 1. The van der Waals surface area contributed by atoms with Crippen molar-refractivity contribution >= 4 is 34.4 Å². The lowest BCUT2D eigenvalue weighted by atomic mass is 10.0. The molecule has 1 unspecified atom stereocenters. The molecule has 2 aromatic heterocycles. The number of fused-ring (bicyclic) bond motifs is 1. The monoisotopic (exact) mass is 454 g/mol. The van der Waals surface area contributed by atoms with Crippen LogP contribution in [0.4, 0.5) is 5.69 Å². The smallest absolute Gasteiger partial charge is 0.359 e. The van der Waals surface area contributed by atoms with E-state index in [1.807, 2.05) is 72.7 Å². The maximum atomic E-state index is 12.8. The second-order valence-electron chi connectivity index (χ2n) is 8.81. The molecule has 0 bridgehead atoms. The minimum absolute atomic E-state index is 0.0641. The van der Waals surface area contributed by atoms with E-state index in [-0.39, 0.29) is 17.2 Å². The van der Waals surface area contributed by atoms with Gasteiger partial charge in [-0.15, -0.1) is 0 Å². The highest BCUT2D eigenvalue weighted by Crippen LogP contribution is 2.31. The predicted molar refractivity (Wildman–Crippen MR) is 130 cm³/mol. The number of ether oxygens (including phenoxy) is 1. The van der Waals surface area contributed by atoms with E-state index < -0.39 is 11.6 Å². The third kappa shape index (κ3) is 5.51. The van der Waals surface area contributed by atoms with Gasteiger partial charge in [-0.1, -0.05) is 24.8 Å². The summed E-state index contributed by atoms with van der Waals surface area (Å²) in [6, 6.07) is 8.79. The van der Waals surface area contributed by atoms with Crippen molar-refractivity contribution in [1.29, 1.82) is 0 Å². The minimum atomic E-state index is -0.630. The highest BCUT2D eigenvalue weighted by molar-refractivity contribution is 7.99. The lowest BCUT2D eigenvalue weighted by molar-refractivity contribution is 0.00638. The van der Waals surface area contributed by atoms with Crippen molar-refractivity contribution in [2.75, 3.05) is 11.1 Å². The molecule has 3 aromatic rings. The molecule has 1 atom stereocenters. The maximum absolute atomic E-state index is 12.8. The van der Waals surface area contributed by atoms with Gasteiger partial charge in [0, 0.05) is 17.3 Å². The number of thioether (sulfide) groups is 1. The van der Waals surface area contributed by atoms with Crippen LogP contribution >= 0.6 is 11.8 Å². The first kappa shape index (κ1) is 23.9. The average Bonchev–Trinajstić information content (AvgIpc) is 2.68. The predicted octanol–water partition coefficient (Wildman–Crippen LogP) is 6.05. The number of anilines is 1. The molecule has 0 aliphatic rings. The zero-order valence-corrected chi connectivity index (χ0v) is 20.5. The molecule has 1 N–H and O–H groups in total. The Hall–Kier alpha value is -2.80. The Labute approximate surface area is 192 Å². The van der Waals surface area contributed by atoms with Crippen LogP contribution in [-0.2, 0) is 4.74 Å². The van der Waals surface area contributed by atoms with E-state index in [1.165, 1.54) is 11.8 Å². The third-order valence-corrected chi connectivity index (χ3v) is 5.51. The zero-order chi connectivity index (χ0) is 23.6. The lowest BCUT2D eigenvalue weighted by Gasteiger charge is -2.22. The van der Waals surface area contributed by atoms with Crippen molar-refractivity contribution in [2.24, 2.45) is 0 Å². The molecule has 3 rings (SSSR count). The van der Waals surface area contributed by atoms with Crippen LogP contribution in [0.3, 0.4) is 0 Å². The fourth-order valence-electron chi connectivity index (χ4n) is 3.41. The van der Waals surface area contributed by atoms with Crippen molar-refractivity contribution in [3.63, 3.8) is 0 Å². The van der Waals surface area contributed by atoms with Crippen LogP contribution in [0, 0.1) is 13.8 Å². The van der Waals surface area contributed by atoms with Gasteiger partial charge >= 0.3 is 5.97 Å². The molecular weight excluding hydrogens is 424 g/mol. The Morgan fingerprint density at radius 3 is 2.59 bits per heavy atom. The number of rotatable bonds is 6. The number of nitrogens with one attached hydrogen (secondary N) is 1. The standard InChI is InChI=1S/C25H30N2O4S/c1-8-32-21-13-20(28)18-12-14(2)11-17(23(18)30-21)16(4)27-19-10-9-15(3)26-22(19)24(29)31-25(5,6)7/h9-13,16,27H,8H2,1-7H3. The van der Waals surface area contributed by atoms with Gasteiger partial charge in [-0.3, -0.25) is 4.79 Å². The first-order chi connectivity index (χ1) is 15.0. The summed E-state index contributed by atoms with van der Waals surface area (Å²) in [6.07, 6.45) is 0. The average molecular weight is 455 g/mol. The Kier molecular flexibility index (Phi) is 6.98. The Morgan fingerprint density at radius 1 is 1.22 bits per heavy atom. The van der Waals surface area contributed by atoms with Crippen molar-refractivity contribution in [1.82, 2.24) is 4.98 Å². The molecule has 0 saturated carbocycles. The second kappa shape index (κ2) is 9.36. The summed E-state index contributed by atoms with van der Waals surface area (Å²) < 4.78 is 11.7. The molecule has 2 heterocycles. The quantitative estimate of drug-likeness (QED) is 0.359. The molecule has 0 radical (unpaired) electrons. The zero-order valence-electron chi connectivity index (χ0n) is 19.7. The highest BCUT2D eigenvalue weighted by atomic mass is 32.2. The van der Waals surface area contributed by atoms with Gasteiger partial charge in [-0.25, -0.2) is 9.78 Å². The summed E-state index contributed by atoms with van der Waals surface area (Å²) in [5, 5.41) is 4.52. The molecule has 6 nitrogen and oxygen atoms in total. The van der Waals surface area contributed by atoms with Gasteiger partial charge in [0.05, 0.1) is 17.1 Å². The molecular formula is C25H30N2O4S. The number of pyridine rings is 1. The fraction of sp³-hybridized carbons (Fsp3) is 0.400. The van der Waals surface area contributed by atoms with Crippen LogP contribution in [0.15, 0.2) is 44.6 Å². The summed E-state index contributed by atoms with van der Waals surface area (Å²) in [7, 11) is 0. The summed E-state index contributed by atoms with van der Waals surface area (Å²) in [4.78, 5) is 29.9. The molecule has 0 aliphatic carbocycles. The first-order valence-electron chi connectivity index (χ1n) is 10.7. The van der Waals surface area contributed by atoms with E-state index in [1.54, 1.807) is 6.07 Å². The number of aryl methyl sites for hydroxylation is 2. The first-order valence-corrected chi connectivity index (χ1v) is 11.7. The number of hydrogen-bond acceptors (Lipinski definition) is 7. The van der Waals surface area contributed by atoms with Gasteiger partial charge in [-0.05, 0) is 71.1 Å². The summed E-state index contributed by atoms with van der Waals surface area (Å²) in [5.74, 6) is 0.315. The molecule has 32 heavy (non-hydrogen) atoms. The van der Waals surface area contributed by atoms with Gasteiger partial charge in [-0.2, -0.15) is 0 Å². The van der Waals surface area contributed by atoms with E-state index in [0.29, 0.717) is 21.7 Å². The van der Waals surface area contributed by atoms with E-state index >= 15 is 0 Å². The number of carbonyl (C=O) groups is 1. The molecule has 0 saturated heterocycles. The van der Waals surface area contributed by atoms with E-state index in [2.05, 4.69) is 10.3 Å². The molecule has 1 aromatic carbocycles. The lowest BCUT2D eigenvalue weighted by Crippen LogP contribution is -2.25. The molecule has 0 fully saturated rings.